The molecule has 0 spiro atoms. The van der Waals surface area contributed by atoms with Crippen molar-refractivity contribution in [3.8, 4) is 0 Å². The van der Waals surface area contributed by atoms with Crippen molar-refractivity contribution in [1.82, 2.24) is 4.90 Å². The Kier molecular flexibility index (Phi) is 9.00. The highest BCUT2D eigenvalue weighted by Crippen LogP contribution is 2.50. The normalized spacial score (nSPS) is 30.2. The van der Waals surface area contributed by atoms with E-state index in [1.54, 1.807) is 14.1 Å². The first kappa shape index (κ1) is 22.1. The molecule has 5 heteroatoms. The molecule has 154 valence electrons. The second-order valence-corrected chi connectivity index (χ2v) is 8.33. The number of amides is 1. The van der Waals surface area contributed by atoms with Crippen LogP contribution in [0.2, 0.25) is 0 Å². The lowest BCUT2D eigenvalue weighted by Crippen LogP contribution is -2.26. The van der Waals surface area contributed by atoms with Gasteiger partial charge in [0.25, 0.3) is 0 Å². The number of hydrogen-bond acceptors (Lipinski definition) is 4. The smallest absolute Gasteiger partial charge is 0.248 e. The Morgan fingerprint density at radius 1 is 1.33 bits per heavy atom. The predicted molar refractivity (Wildman–Crippen MR) is 107 cm³/mol. The van der Waals surface area contributed by atoms with Gasteiger partial charge in [0.1, 0.15) is 6.61 Å². The topological polar surface area (TPSA) is 70.0 Å². The van der Waals surface area contributed by atoms with Gasteiger partial charge in [0, 0.05) is 20.0 Å². The Morgan fingerprint density at radius 2 is 2.11 bits per heavy atom. The van der Waals surface area contributed by atoms with Crippen molar-refractivity contribution in [2.75, 3.05) is 27.3 Å². The first-order valence-corrected chi connectivity index (χ1v) is 10.4. The average molecular weight is 380 g/mol. The van der Waals surface area contributed by atoms with Crippen molar-refractivity contribution in [3.05, 3.63) is 23.8 Å². The summed E-state index contributed by atoms with van der Waals surface area (Å²) in [5.74, 6) is 1.08. The first-order chi connectivity index (χ1) is 12.9. The molecule has 2 aliphatic rings. The number of ether oxygens (including phenoxy) is 1. The zero-order chi connectivity index (χ0) is 19.8. The van der Waals surface area contributed by atoms with Crippen molar-refractivity contribution >= 4 is 5.91 Å². The van der Waals surface area contributed by atoms with E-state index >= 15 is 0 Å². The molecular weight excluding hydrogens is 342 g/mol. The van der Waals surface area contributed by atoms with Gasteiger partial charge in [-0.1, -0.05) is 50.0 Å². The van der Waals surface area contributed by atoms with Gasteiger partial charge in [0.15, 0.2) is 0 Å². The van der Waals surface area contributed by atoms with Crippen molar-refractivity contribution in [2.24, 2.45) is 17.8 Å². The minimum atomic E-state index is -0.401. The van der Waals surface area contributed by atoms with Gasteiger partial charge in [-0.25, -0.2) is 0 Å². The number of unbranched alkanes of at least 4 members (excludes halogenated alkanes) is 2. The molecule has 27 heavy (non-hydrogen) atoms. The number of carbonyl (C=O) groups is 1. The third-order valence-corrected chi connectivity index (χ3v) is 5.98. The molecule has 0 aliphatic heterocycles. The zero-order valence-corrected chi connectivity index (χ0v) is 17.1. The molecule has 2 N–H and O–H groups in total. The predicted octanol–water partition coefficient (Wildman–Crippen LogP) is 2.92. The van der Waals surface area contributed by atoms with Crippen molar-refractivity contribution in [1.29, 1.82) is 0 Å². The van der Waals surface area contributed by atoms with E-state index in [0.717, 1.165) is 44.9 Å². The highest BCUT2D eigenvalue weighted by Gasteiger charge is 2.44. The van der Waals surface area contributed by atoms with Crippen LogP contribution < -0.4 is 0 Å². The van der Waals surface area contributed by atoms with Gasteiger partial charge >= 0.3 is 0 Å². The molecule has 2 rings (SSSR count). The summed E-state index contributed by atoms with van der Waals surface area (Å²) in [6.45, 7) is 2.74. The maximum atomic E-state index is 11.5. The van der Waals surface area contributed by atoms with Gasteiger partial charge in [0.05, 0.1) is 18.8 Å². The van der Waals surface area contributed by atoms with Gasteiger partial charge in [0.2, 0.25) is 5.91 Å². The van der Waals surface area contributed by atoms with Crippen LogP contribution in [-0.4, -0.2) is 60.5 Å². The highest BCUT2D eigenvalue weighted by atomic mass is 16.5. The minimum Gasteiger partial charge on any atom is -0.392 e. The number of rotatable bonds is 10. The Morgan fingerprint density at radius 3 is 2.81 bits per heavy atom. The van der Waals surface area contributed by atoms with Crippen LogP contribution in [0.15, 0.2) is 23.8 Å². The Labute approximate surface area is 164 Å². The van der Waals surface area contributed by atoms with E-state index in [-0.39, 0.29) is 24.5 Å². The van der Waals surface area contributed by atoms with Crippen molar-refractivity contribution in [3.63, 3.8) is 0 Å². The second-order valence-electron chi connectivity index (χ2n) is 8.33. The second kappa shape index (κ2) is 11.0. The molecule has 2 fully saturated rings. The fourth-order valence-electron chi connectivity index (χ4n) is 4.35. The van der Waals surface area contributed by atoms with E-state index in [4.69, 9.17) is 4.74 Å². The number of aliphatic hydroxyl groups is 2. The van der Waals surface area contributed by atoms with Crippen LogP contribution in [0.25, 0.3) is 0 Å². The molecule has 0 heterocycles. The highest BCUT2D eigenvalue weighted by molar-refractivity contribution is 5.76. The van der Waals surface area contributed by atoms with Crippen LogP contribution in [0.4, 0.5) is 0 Å². The first-order valence-electron chi connectivity index (χ1n) is 10.4. The molecule has 2 aliphatic carbocycles. The number of fused-ring (bicyclic) bond motifs is 1. The average Bonchev–Trinajstić information content (AvgIpc) is 3.13. The third kappa shape index (κ3) is 6.74. The van der Waals surface area contributed by atoms with E-state index < -0.39 is 6.10 Å². The van der Waals surface area contributed by atoms with Crippen LogP contribution in [-0.2, 0) is 9.53 Å². The van der Waals surface area contributed by atoms with Crippen LogP contribution in [0.1, 0.15) is 51.9 Å². The molecule has 0 unspecified atom stereocenters. The third-order valence-electron chi connectivity index (χ3n) is 5.98. The van der Waals surface area contributed by atoms with E-state index in [2.05, 4.69) is 19.1 Å². The summed E-state index contributed by atoms with van der Waals surface area (Å²) in [4.78, 5) is 13.0. The molecular formula is C22H37NO4. The van der Waals surface area contributed by atoms with Crippen LogP contribution in [0.5, 0.6) is 0 Å². The van der Waals surface area contributed by atoms with Gasteiger partial charge in [-0.15, -0.1) is 0 Å². The summed E-state index contributed by atoms with van der Waals surface area (Å²) in [5, 5.41) is 20.5. The Bertz CT molecular complexity index is 528. The molecule has 0 bridgehead atoms. The summed E-state index contributed by atoms with van der Waals surface area (Å²) < 4.78 is 5.45. The molecule has 0 aromatic carbocycles. The largest absolute Gasteiger partial charge is 0.392 e. The molecule has 5 nitrogen and oxygen atoms in total. The number of hydrogen-bond donors (Lipinski definition) is 2. The summed E-state index contributed by atoms with van der Waals surface area (Å²) in [6.07, 6.45) is 12.3. The summed E-state index contributed by atoms with van der Waals surface area (Å²) >= 11 is 0. The number of carbonyl (C=O) groups excluding carboxylic acids is 1. The minimum absolute atomic E-state index is 0.0255. The monoisotopic (exact) mass is 379 g/mol. The number of nitrogens with zero attached hydrogens (tertiary/aromatic N) is 1. The van der Waals surface area contributed by atoms with Crippen LogP contribution in [0.3, 0.4) is 0 Å². The standard InChI is InChI=1S/C22H37NO4/c1-4-5-6-7-18(24)8-9-19-20-13-16(12-17(20)14-21(19)25)10-11-27-15-22(26)23(2)3/h8-10,17-21,24-25H,4-7,11-15H2,1-3H3/b9-8+,16-10?/t17-,18-,19+,20-,21+/m0/s1. The van der Waals surface area contributed by atoms with E-state index in [1.165, 1.54) is 10.5 Å². The van der Waals surface area contributed by atoms with Crippen molar-refractivity contribution in [2.45, 2.75) is 64.1 Å². The molecule has 2 saturated carbocycles. The van der Waals surface area contributed by atoms with Gasteiger partial charge in [-0.3, -0.25) is 4.79 Å². The lowest BCUT2D eigenvalue weighted by molar-refractivity contribution is -0.133. The quantitative estimate of drug-likeness (QED) is 0.452. The summed E-state index contributed by atoms with van der Waals surface area (Å²) in [7, 11) is 3.45. The van der Waals surface area contributed by atoms with E-state index in [0.29, 0.717) is 18.4 Å². The Balaban J connectivity index is 1.80. The SMILES string of the molecule is CCCCC[C@H](O)/C=C/[C@@H]1[C@H]2CC(=CCOCC(=O)N(C)C)C[C@H]2C[C@H]1O. The number of allylic oxidation sites excluding steroid dienone is 1. The zero-order valence-electron chi connectivity index (χ0n) is 17.1. The molecule has 5 atom stereocenters. The lowest BCUT2D eigenvalue weighted by Gasteiger charge is -2.17. The molecule has 0 radical (unpaired) electrons. The molecule has 0 saturated heterocycles. The number of likely N-dealkylation sites (N-methyl/N-ethyl adjacent to an activating group) is 1. The van der Waals surface area contributed by atoms with Crippen LogP contribution >= 0.6 is 0 Å². The fourth-order valence-corrected chi connectivity index (χ4v) is 4.35. The lowest BCUT2D eigenvalue weighted by atomic mass is 9.90. The van der Waals surface area contributed by atoms with Crippen LogP contribution in [0, 0.1) is 17.8 Å². The Hall–Kier alpha value is -1.17. The summed E-state index contributed by atoms with van der Waals surface area (Å²) in [5.41, 5.74) is 1.37. The van der Waals surface area contributed by atoms with E-state index in [9.17, 15) is 15.0 Å². The molecule has 0 aromatic heterocycles. The van der Waals surface area contributed by atoms with Crippen molar-refractivity contribution < 1.29 is 19.7 Å². The molecule has 1 amide bonds. The van der Waals surface area contributed by atoms with Gasteiger partial charge in [-0.2, -0.15) is 0 Å². The maximum absolute atomic E-state index is 11.5. The van der Waals surface area contributed by atoms with E-state index in [1.807, 2.05) is 6.08 Å². The summed E-state index contributed by atoms with van der Waals surface area (Å²) in [6, 6.07) is 0. The van der Waals surface area contributed by atoms with Gasteiger partial charge in [-0.05, 0) is 37.5 Å². The number of aliphatic hydroxyl groups excluding tert-OH is 2. The fraction of sp³-hybridized carbons (Fsp3) is 0.773. The maximum Gasteiger partial charge on any atom is 0.248 e. The van der Waals surface area contributed by atoms with Gasteiger partial charge < -0.3 is 19.8 Å². The molecule has 0 aromatic rings.